The fourth-order valence-corrected chi connectivity index (χ4v) is 2.09. The van der Waals surface area contributed by atoms with Crippen molar-refractivity contribution in [1.29, 1.82) is 5.26 Å². The number of ether oxygens (including phenoxy) is 1. The molecule has 0 heterocycles. The van der Waals surface area contributed by atoms with Crippen LogP contribution < -0.4 is 10.1 Å². The van der Waals surface area contributed by atoms with Gasteiger partial charge in [0.1, 0.15) is 5.75 Å². The summed E-state index contributed by atoms with van der Waals surface area (Å²) in [5.74, 6) is 0.282. The molecule has 0 bridgehead atoms. The van der Waals surface area contributed by atoms with Gasteiger partial charge in [-0.15, -0.1) is 0 Å². The predicted octanol–water partition coefficient (Wildman–Crippen LogP) is 3.93. The molecule has 2 aromatic rings. The number of halogens is 1. The molecule has 1 atom stereocenters. The number of amides is 1. The summed E-state index contributed by atoms with van der Waals surface area (Å²) >= 11 is 5.89. The van der Waals surface area contributed by atoms with Crippen LogP contribution >= 0.6 is 11.6 Å². The molecule has 0 unspecified atom stereocenters. The molecule has 0 aliphatic rings. The van der Waals surface area contributed by atoms with E-state index in [1.165, 1.54) is 0 Å². The summed E-state index contributed by atoms with van der Waals surface area (Å²) in [6.07, 6.45) is -0.664. The third kappa shape index (κ3) is 4.00. The molecule has 0 aliphatic carbocycles. The van der Waals surface area contributed by atoms with Crippen LogP contribution in [0.5, 0.6) is 5.75 Å². The molecular weight excluding hydrogens is 300 g/mol. The van der Waals surface area contributed by atoms with Crippen LogP contribution in [0.25, 0.3) is 0 Å². The van der Waals surface area contributed by atoms with Crippen LogP contribution in [0.2, 0.25) is 5.02 Å². The lowest BCUT2D eigenvalue weighted by Crippen LogP contribution is -2.30. The van der Waals surface area contributed by atoms with Gasteiger partial charge < -0.3 is 10.1 Å². The van der Waals surface area contributed by atoms with Gasteiger partial charge in [-0.05, 0) is 61.9 Å². The molecule has 0 fully saturated rings. The molecule has 112 valence electrons. The van der Waals surface area contributed by atoms with E-state index in [1.807, 2.05) is 13.0 Å². The van der Waals surface area contributed by atoms with Crippen molar-refractivity contribution in [3.63, 3.8) is 0 Å². The monoisotopic (exact) mass is 314 g/mol. The maximum atomic E-state index is 12.2. The lowest BCUT2D eigenvalue weighted by Gasteiger charge is -2.16. The maximum absolute atomic E-state index is 12.2. The van der Waals surface area contributed by atoms with Crippen molar-refractivity contribution in [2.75, 3.05) is 5.32 Å². The normalized spacial score (nSPS) is 11.4. The number of hydrogen-bond acceptors (Lipinski definition) is 3. The van der Waals surface area contributed by atoms with E-state index in [-0.39, 0.29) is 5.91 Å². The number of benzene rings is 2. The zero-order valence-electron chi connectivity index (χ0n) is 12.3. The number of anilines is 1. The summed E-state index contributed by atoms with van der Waals surface area (Å²) in [6.45, 7) is 3.53. The van der Waals surface area contributed by atoms with E-state index in [1.54, 1.807) is 49.4 Å². The average molecular weight is 315 g/mol. The summed E-state index contributed by atoms with van der Waals surface area (Å²) in [6, 6.07) is 13.9. The van der Waals surface area contributed by atoms with Crippen molar-refractivity contribution in [2.24, 2.45) is 0 Å². The van der Waals surface area contributed by atoms with Crippen LogP contribution in [0.4, 0.5) is 5.69 Å². The summed E-state index contributed by atoms with van der Waals surface area (Å²) in [5, 5.41) is 12.2. The fourth-order valence-electron chi connectivity index (χ4n) is 1.87. The summed E-state index contributed by atoms with van der Waals surface area (Å²) < 4.78 is 5.56. The summed E-state index contributed by atoms with van der Waals surface area (Å²) in [5.41, 5.74) is 2.12. The van der Waals surface area contributed by atoms with Gasteiger partial charge >= 0.3 is 0 Å². The van der Waals surface area contributed by atoms with Crippen LogP contribution in [-0.2, 0) is 4.79 Å². The maximum Gasteiger partial charge on any atom is 0.265 e. The standard InChI is InChI=1S/C17H15ClN2O2/c1-11-9-14(18)5-8-16(11)20-17(21)12(2)22-15-6-3-13(10-19)4-7-15/h3-9,12H,1-2H3,(H,20,21)/t12-/m0/s1. The van der Waals surface area contributed by atoms with Crippen molar-refractivity contribution in [2.45, 2.75) is 20.0 Å². The van der Waals surface area contributed by atoms with Gasteiger partial charge in [0.15, 0.2) is 6.10 Å². The van der Waals surface area contributed by atoms with Gasteiger partial charge in [0.05, 0.1) is 11.6 Å². The van der Waals surface area contributed by atoms with Crippen molar-refractivity contribution in [3.05, 3.63) is 58.6 Å². The zero-order valence-corrected chi connectivity index (χ0v) is 13.0. The number of aryl methyl sites for hydroxylation is 1. The minimum atomic E-state index is -0.664. The van der Waals surface area contributed by atoms with Crippen molar-refractivity contribution in [3.8, 4) is 11.8 Å². The van der Waals surface area contributed by atoms with Gasteiger partial charge in [0.25, 0.3) is 5.91 Å². The van der Waals surface area contributed by atoms with Crippen LogP contribution in [-0.4, -0.2) is 12.0 Å². The number of hydrogen-bond donors (Lipinski definition) is 1. The Morgan fingerprint density at radius 2 is 1.95 bits per heavy atom. The number of carbonyl (C=O) groups excluding carboxylic acids is 1. The van der Waals surface area contributed by atoms with Gasteiger partial charge in [0, 0.05) is 10.7 Å². The van der Waals surface area contributed by atoms with Crippen molar-refractivity contribution < 1.29 is 9.53 Å². The second-order valence-electron chi connectivity index (χ2n) is 4.84. The lowest BCUT2D eigenvalue weighted by atomic mass is 10.2. The van der Waals surface area contributed by atoms with Gasteiger partial charge in [-0.1, -0.05) is 11.6 Å². The Kier molecular flexibility index (Phi) is 5.03. The second kappa shape index (κ2) is 6.97. The molecule has 0 saturated heterocycles. The third-order valence-electron chi connectivity index (χ3n) is 3.11. The van der Waals surface area contributed by atoms with E-state index in [2.05, 4.69) is 5.32 Å². The summed E-state index contributed by atoms with van der Waals surface area (Å²) in [7, 11) is 0. The predicted molar refractivity (Wildman–Crippen MR) is 86.1 cm³/mol. The highest BCUT2D eigenvalue weighted by Gasteiger charge is 2.15. The first-order chi connectivity index (χ1) is 10.5. The summed E-state index contributed by atoms with van der Waals surface area (Å²) in [4.78, 5) is 12.2. The number of carbonyl (C=O) groups is 1. The fraction of sp³-hybridized carbons (Fsp3) is 0.176. The Labute approximate surface area is 134 Å². The molecule has 4 nitrogen and oxygen atoms in total. The first-order valence-corrected chi connectivity index (χ1v) is 7.11. The van der Waals surface area contributed by atoms with Crippen LogP contribution in [0.15, 0.2) is 42.5 Å². The van der Waals surface area contributed by atoms with E-state index < -0.39 is 6.10 Å². The molecule has 5 heteroatoms. The Morgan fingerprint density at radius 3 is 2.55 bits per heavy atom. The van der Waals surface area contributed by atoms with Crippen LogP contribution in [0, 0.1) is 18.3 Å². The van der Waals surface area contributed by atoms with E-state index >= 15 is 0 Å². The Morgan fingerprint density at radius 1 is 1.27 bits per heavy atom. The number of nitrogens with one attached hydrogen (secondary N) is 1. The van der Waals surface area contributed by atoms with Crippen LogP contribution in [0.1, 0.15) is 18.1 Å². The number of rotatable bonds is 4. The van der Waals surface area contributed by atoms with Gasteiger partial charge in [-0.2, -0.15) is 5.26 Å². The SMILES string of the molecule is Cc1cc(Cl)ccc1NC(=O)[C@H](C)Oc1ccc(C#N)cc1. The Hall–Kier alpha value is -2.51. The minimum absolute atomic E-state index is 0.255. The molecule has 0 spiro atoms. The zero-order chi connectivity index (χ0) is 16.1. The molecule has 2 rings (SSSR count). The molecule has 0 aromatic heterocycles. The first-order valence-electron chi connectivity index (χ1n) is 6.73. The molecular formula is C17H15ClN2O2. The lowest BCUT2D eigenvalue weighted by molar-refractivity contribution is -0.122. The first kappa shape index (κ1) is 15.9. The van der Waals surface area contributed by atoms with E-state index in [0.717, 1.165) is 5.56 Å². The Balaban J connectivity index is 2.01. The van der Waals surface area contributed by atoms with Crippen molar-refractivity contribution >= 4 is 23.2 Å². The van der Waals surface area contributed by atoms with E-state index in [9.17, 15) is 4.79 Å². The average Bonchev–Trinajstić information content (AvgIpc) is 2.50. The highest BCUT2D eigenvalue weighted by atomic mass is 35.5. The van der Waals surface area contributed by atoms with Gasteiger partial charge in [0.2, 0.25) is 0 Å². The molecule has 22 heavy (non-hydrogen) atoms. The highest BCUT2D eigenvalue weighted by Crippen LogP contribution is 2.20. The largest absolute Gasteiger partial charge is 0.481 e. The van der Waals surface area contributed by atoms with E-state index in [4.69, 9.17) is 21.6 Å². The highest BCUT2D eigenvalue weighted by molar-refractivity contribution is 6.30. The molecule has 1 N–H and O–H groups in total. The number of nitrogens with zero attached hydrogens (tertiary/aromatic N) is 1. The number of nitriles is 1. The van der Waals surface area contributed by atoms with Gasteiger partial charge in [-0.3, -0.25) is 4.79 Å². The second-order valence-corrected chi connectivity index (χ2v) is 5.28. The topological polar surface area (TPSA) is 62.1 Å². The molecule has 2 aromatic carbocycles. The third-order valence-corrected chi connectivity index (χ3v) is 3.35. The minimum Gasteiger partial charge on any atom is -0.481 e. The van der Waals surface area contributed by atoms with Crippen LogP contribution in [0.3, 0.4) is 0 Å². The molecule has 1 amide bonds. The quantitative estimate of drug-likeness (QED) is 0.930. The molecule has 0 radical (unpaired) electrons. The Bertz CT molecular complexity index is 720. The van der Waals surface area contributed by atoms with Gasteiger partial charge in [-0.25, -0.2) is 0 Å². The smallest absolute Gasteiger partial charge is 0.265 e. The van der Waals surface area contributed by atoms with E-state index in [0.29, 0.717) is 22.0 Å². The molecule has 0 saturated carbocycles. The van der Waals surface area contributed by atoms with Crippen molar-refractivity contribution in [1.82, 2.24) is 0 Å². The molecule has 0 aliphatic heterocycles.